The van der Waals surface area contributed by atoms with Crippen LogP contribution in [-0.2, 0) is 9.59 Å². The Kier molecular flexibility index (Phi) is 9.59. The molecule has 3 rings (SSSR count). The molecular formula is C21H27F2N5O6. The lowest BCUT2D eigenvalue weighted by molar-refractivity contribution is -0.165. The summed E-state index contributed by atoms with van der Waals surface area (Å²) in [4.78, 5) is 32.9. The average Bonchev–Trinajstić information content (AvgIpc) is 2.96. The highest BCUT2D eigenvalue weighted by Gasteiger charge is 2.29. The molecule has 11 nitrogen and oxygen atoms in total. The van der Waals surface area contributed by atoms with Crippen molar-refractivity contribution in [3.63, 3.8) is 0 Å². The minimum absolute atomic E-state index is 0.291. The molecule has 2 atom stereocenters. The van der Waals surface area contributed by atoms with Gasteiger partial charge in [-0.25, -0.2) is 23.4 Å². The van der Waals surface area contributed by atoms with E-state index >= 15 is 0 Å². The van der Waals surface area contributed by atoms with Crippen LogP contribution in [0.4, 0.5) is 26.2 Å². The molecule has 1 aromatic carbocycles. The van der Waals surface area contributed by atoms with Crippen LogP contribution in [0.15, 0.2) is 24.3 Å². The Morgan fingerprint density at radius 3 is 2.09 bits per heavy atom. The second kappa shape index (κ2) is 12.2. The first kappa shape index (κ1) is 26.8. The number of carboxylic acid groups (broad SMARTS) is 2. The number of aliphatic hydroxyl groups excluding tert-OH is 2. The van der Waals surface area contributed by atoms with Gasteiger partial charge in [0.15, 0.2) is 12.2 Å². The van der Waals surface area contributed by atoms with Crippen molar-refractivity contribution in [3.8, 4) is 0 Å². The third kappa shape index (κ3) is 8.17. The van der Waals surface area contributed by atoms with Gasteiger partial charge >= 0.3 is 11.9 Å². The molecule has 2 heterocycles. The number of nitrogens with one attached hydrogen (secondary N) is 1. The number of aliphatic hydroxyl groups is 2. The van der Waals surface area contributed by atoms with Crippen molar-refractivity contribution in [3.05, 3.63) is 41.6 Å². The van der Waals surface area contributed by atoms with Crippen LogP contribution in [-0.4, -0.2) is 92.7 Å². The van der Waals surface area contributed by atoms with Crippen LogP contribution in [0.3, 0.4) is 0 Å². The first-order chi connectivity index (χ1) is 16.0. The van der Waals surface area contributed by atoms with Gasteiger partial charge in [0.05, 0.1) is 0 Å². The van der Waals surface area contributed by atoms with Crippen LogP contribution in [0.5, 0.6) is 0 Å². The van der Waals surface area contributed by atoms with Crippen LogP contribution >= 0.6 is 0 Å². The molecule has 5 N–H and O–H groups in total. The summed E-state index contributed by atoms with van der Waals surface area (Å²) in [5.41, 5.74) is 1.09. The van der Waals surface area contributed by atoms with E-state index < -0.39 is 35.8 Å². The third-order valence-electron chi connectivity index (χ3n) is 4.81. The van der Waals surface area contributed by atoms with Gasteiger partial charge in [0.2, 0.25) is 5.95 Å². The largest absolute Gasteiger partial charge is 0.479 e. The SMILES string of the molecule is Cc1cc(N2CCCN(C)CC2)nc(Nc2cc(F)cc(F)c2)n1.O=C(O)C(O)C(O)C(=O)O. The number of halogens is 2. The number of aromatic nitrogens is 2. The molecule has 13 heteroatoms. The zero-order valence-electron chi connectivity index (χ0n) is 18.6. The second-order valence-corrected chi connectivity index (χ2v) is 7.68. The summed E-state index contributed by atoms with van der Waals surface area (Å²) in [5.74, 6) is -3.64. The van der Waals surface area contributed by atoms with Gasteiger partial charge < -0.3 is 35.5 Å². The zero-order chi connectivity index (χ0) is 25.4. The molecule has 1 aromatic heterocycles. The highest BCUT2D eigenvalue weighted by atomic mass is 19.1. The molecule has 1 fully saturated rings. The number of nitrogens with zero attached hydrogens (tertiary/aromatic N) is 4. The number of rotatable bonds is 6. The predicted octanol–water partition coefficient (Wildman–Crippen LogP) is 0.826. The Labute approximate surface area is 194 Å². The summed E-state index contributed by atoms with van der Waals surface area (Å²) >= 11 is 0. The van der Waals surface area contributed by atoms with Crippen molar-refractivity contribution < 1.29 is 38.8 Å². The van der Waals surface area contributed by atoms with Crippen molar-refractivity contribution in [2.75, 3.05) is 43.4 Å². The molecular weight excluding hydrogens is 456 g/mol. The molecule has 0 bridgehead atoms. The molecule has 2 aromatic rings. The summed E-state index contributed by atoms with van der Waals surface area (Å²) in [7, 11) is 2.11. The Balaban J connectivity index is 0.000000347. The molecule has 186 valence electrons. The van der Waals surface area contributed by atoms with Crippen molar-refractivity contribution in [1.82, 2.24) is 14.9 Å². The fourth-order valence-corrected chi connectivity index (χ4v) is 3.07. The Morgan fingerprint density at radius 1 is 0.941 bits per heavy atom. The fraction of sp³-hybridized carbons (Fsp3) is 0.429. The van der Waals surface area contributed by atoms with Gasteiger partial charge in [0.25, 0.3) is 0 Å². The lowest BCUT2D eigenvalue weighted by Gasteiger charge is -2.22. The van der Waals surface area contributed by atoms with Crippen LogP contribution in [0.2, 0.25) is 0 Å². The van der Waals surface area contributed by atoms with E-state index in [1.54, 1.807) is 0 Å². The average molecular weight is 483 g/mol. The van der Waals surface area contributed by atoms with Gasteiger partial charge in [-0.05, 0) is 39.1 Å². The molecule has 0 saturated carbocycles. The summed E-state index contributed by atoms with van der Waals surface area (Å²) < 4.78 is 26.7. The molecule has 0 spiro atoms. The van der Waals surface area contributed by atoms with E-state index in [0.717, 1.165) is 50.2 Å². The number of likely N-dealkylation sites (N-methyl/N-ethyl adjacent to an activating group) is 1. The minimum atomic E-state index is -2.27. The number of hydrogen-bond acceptors (Lipinski definition) is 9. The van der Waals surface area contributed by atoms with Gasteiger partial charge in [-0.1, -0.05) is 0 Å². The molecule has 1 aliphatic rings. The van der Waals surface area contributed by atoms with Gasteiger partial charge in [0.1, 0.15) is 17.5 Å². The zero-order valence-corrected chi connectivity index (χ0v) is 18.6. The summed E-state index contributed by atoms with van der Waals surface area (Å²) in [6, 6.07) is 5.20. The number of aryl methyl sites for hydroxylation is 1. The summed E-state index contributed by atoms with van der Waals surface area (Å²) in [5, 5.41) is 35.4. The minimum Gasteiger partial charge on any atom is -0.479 e. The second-order valence-electron chi connectivity index (χ2n) is 7.68. The number of carboxylic acids is 2. The first-order valence-electron chi connectivity index (χ1n) is 10.3. The van der Waals surface area contributed by atoms with Gasteiger partial charge in [-0.3, -0.25) is 0 Å². The predicted molar refractivity (Wildman–Crippen MR) is 118 cm³/mol. The quantitative estimate of drug-likeness (QED) is 0.396. The number of aliphatic carboxylic acids is 2. The molecule has 1 aliphatic heterocycles. The molecule has 0 aliphatic carbocycles. The normalized spacial score (nSPS) is 16.0. The maximum Gasteiger partial charge on any atom is 0.335 e. The van der Waals surface area contributed by atoms with E-state index in [0.29, 0.717) is 11.6 Å². The van der Waals surface area contributed by atoms with Gasteiger partial charge in [-0.15, -0.1) is 0 Å². The van der Waals surface area contributed by atoms with E-state index in [2.05, 4.69) is 32.1 Å². The van der Waals surface area contributed by atoms with E-state index in [1.807, 2.05) is 13.0 Å². The van der Waals surface area contributed by atoms with Crippen LogP contribution < -0.4 is 10.2 Å². The maximum atomic E-state index is 13.3. The fourth-order valence-electron chi connectivity index (χ4n) is 3.07. The third-order valence-corrected chi connectivity index (χ3v) is 4.81. The van der Waals surface area contributed by atoms with E-state index in [-0.39, 0.29) is 0 Å². The number of benzene rings is 1. The number of hydrogen-bond donors (Lipinski definition) is 5. The van der Waals surface area contributed by atoms with Gasteiger partial charge in [0, 0.05) is 43.1 Å². The molecule has 2 unspecified atom stereocenters. The van der Waals surface area contributed by atoms with Crippen LogP contribution in [0.1, 0.15) is 12.1 Å². The Hall–Kier alpha value is -3.42. The highest BCUT2D eigenvalue weighted by Crippen LogP contribution is 2.21. The molecule has 0 amide bonds. The smallest absolute Gasteiger partial charge is 0.335 e. The standard InChI is InChI=1S/C17H21F2N5.C4H6O6/c1-12-8-16(24-5-3-4-23(2)6-7-24)22-17(20-12)21-15-10-13(18)9-14(19)11-15;5-1(3(7)8)2(6)4(9)10/h8-11H,3-7H2,1-2H3,(H,20,21,22);1-2,5-6H,(H,7,8)(H,9,10). The lowest BCUT2D eigenvalue weighted by Crippen LogP contribution is -2.39. The Morgan fingerprint density at radius 2 is 1.53 bits per heavy atom. The van der Waals surface area contributed by atoms with Crippen molar-refractivity contribution in [2.24, 2.45) is 0 Å². The van der Waals surface area contributed by atoms with E-state index in [9.17, 15) is 18.4 Å². The van der Waals surface area contributed by atoms with E-state index in [1.165, 1.54) is 12.1 Å². The van der Waals surface area contributed by atoms with Crippen LogP contribution in [0.25, 0.3) is 0 Å². The summed E-state index contributed by atoms with van der Waals surface area (Å²) in [6.45, 7) is 5.73. The van der Waals surface area contributed by atoms with Gasteiger partial charge in [-0.2, -0.15) is 4.98 Å². The highest BCUT2D eigenvalue weighted by molar-refractivity contribution is 5.83. The molecule has 0 radical (unpaired) electrons. The Bertz CT molecular complexity index is 973. The topological polar surface area (TPSA) is 159 Å². The summed E-state index contributed by atoms with van der Waals surface area (Å²) in [6.07, 6.45) is -3.47. The van der Waals surface area contributed by atoms with E-state index in [4.69, 9.17) is 20.4 Å². The number of anilines is 3. The van der Waals surface area contributed by atoms with Crippen molar-refractivity contribution in [2.45, 2.75) is 25.6 Å². The van der Waals surface area contributed by atoms with Crippen LogP contribution in [0, 0.1) is 18.6 Å². The van der Waals surface area contributed by atoms with Crippen molar-refractivity contribution in [1.29, 1.82) is 0 Å². The first-order valence-corrected chi connectivity index (χ1v) is 10.3. The maximum absolute atomic E-state index is 13.3. The lowest BCUT2D eigenvalue weighted by atomic mass is 10.2. The molecule has 34 heavy (non-hydrogen) atoms. The van der Waals surface area contributed by atoms with Crippen molar-refractivity contribution >= 4 is 29.4 Å². The number of carbonyl (C=O) groups is 2. The monoisotopic (exact) mass is 483 g/mol. The molecule has 1 saturated heterocycles.